The van der Waals surface area contributed by atoms with Gasteiger partial charge in [0.1, 0.15) is 22.2 Å². The average molecular weight is 422 g/mol. The molecule has 2 heterocycles. The van der Waals surface area contributed by atoms with Crippen molar-refractivity contribution in [2.45, 2.75) is 6.42 Å². The third kappa shape index (κ3) is 4.47. The molecule has 0 spiro atoms. The van der Waals surface area contributed by atoms with Crippen LogP contribution in [0.15, 0.2) is 58.4 Å². The van der Waals surface area contributed by atoms with Crippen molar-refractivity contribution in [3.05, 3.63) is 70.5 Å². The summed E-state index contributed by atoms with van der Waals surface area (Å²) in [6.07, 6.45) is 0.352. The molecule has 2 aromatic heterocycles. The Hall–Kier alpha value is -3.72. The summed E-state index contributed by atoms with van der Waals surface area (Å²) in [6, 6.07) is 14.7. The first-order valence-corrected chi connectivity index (χ1v) is 9.89. The summed E-state index contributed by atoms with van der Waals surface area (Å²) < 4.78 is 15.8. The van der Waals surface area contributed by atoms with E-state index in [1.807, 2.05) is 30.3 Å². The van der Waals surface area contributed by atoms with Crippen LogP contribution in [0.2, 0.25) is 0 Å². The lowest BCUT2D eigenvalue weighted by Crippen LogP contribution is -2.12. The highest BCUT2D eigenvalue weighted by molar-refractivity contribution is 7.09. The van der Waals surface area contributed by atoms with Gasteiger partial charge in [0.05, 0.1) is 20.6 Å². The third-order valence-corrected chi connectivity index (χ3v) is 5.05. The number of hydrogen-bond donors (Lipinski definition) is 1. The van der Waals surface area contributed by atoms with Gasteiger partial charge < -0.3 is 19.3 Å². The summed E-state index contributed by atoms with van der Waals surface area (Å²) in [5.74, 6) is 1.78. The van der Waals surface area contributed by atoms with Crippen molar-refractivity contribution in [1.82, 2.24) is 15.1 Å². The Kier molecular flexibility index (Phi) is 5.71. The first-order chi connectivity index (χ1) is 14.6. The molecule has 1 N–H and O–H groups in total. The zero-order valence-corrected chi connectivity index (χ0v) is 17.1. The molecule has 0 aliphatic heterocycles. The van der Waals surface area contributed by atoms with E-state index in [1.54, 1.807) is 37.8 Å². The van der Waals surface area contributed by atoms with Crippen molar-refractivity contribution >= 4 is 22.9 Å². The van der Waals surface area contributed by atoms with Gasteiger partial charge in [0.2, 0.25) is 11.7 Å². The molecule has 0 fully saturated rings. The molecule has 30 heavy (non-hydrogen) atoms. The fourth-order valence-electron chi connectivity index (χ4n) is 2.73. The minimum absolute atomic E-state index is 0.305. The Bertz CT molecular complexity index is 1130. The summed E-state index contributed by atoms with van der Waals surface area (Å²) in [4.78, 5) is 21.3. The van der Waals surface area contributed by atoms with E-state index in [0.29, 0.717) is 46.0 Å². The molecule has 4 aromatic rings. The molecule has 0 atom stereocenters. The molecule has 8 nitrogen and oxygen atoms in total. The SMILES string of the molecule is COc1cc(NC(=O)c2csc(Cc3nc(-c4ccccc4)no3)n2)cc(OC)c1. The second-order valence-electron chi connectivity index (χ2n) is 6.24. The van der Waals surface area contributed by atoms with Gasteiger partial charge in [-0.3, -0.25) is 4.79 Å². The normalized spacial score (nSPS) is 10.6. The van der Waals surface area contributed by atoms with E-state index in [4.69, 9.17) is 14.0 Å². The minimum atomic E-state index is -0.330. The highest BCUT2D eigenvalue weighted by atomic mass is 32.1. The fourth-order valence-corrected chi connectivity index (χ4v) is 3.50. The molecule has 0 aliphatic carbocycles. The molecule has 2 aromatic carbocycles. The van der Waals surface area contributed by atoms with E-state index in [9.17, 15) is 4.79 Å². The van der Waals surface area contributed by atoms with Gasteiger partial charge in [-0.1, -0.05) is 35.5 Å². The topological polar surface area (TPSA) is 99.4 Å². The van der Waals surface area contributed by atoms with Gasteiger partial charge in [0, 0.05) is 34.8 Å². The van der Waals surface area contributed by atoms with Gasteiger partial charge >= 0.3 is 0 Å². The lowest BCUT2D eigenvalue weighted by atomic mass is 10.2. The first-order valence-electron chi connectivity index (χ1n) is 9.01. The number of thiazole rings is 1. The van der Waals surface area contributed by atoms with Crippen LogP contribution in [0.5, 0.6) is 11.5 Å². The first kappa shape index (κ1) is 19.6. The van der Waals surface area contributed by atoms with Crippen molar-refractivity contribution in [1.29, 1.82) is 0 Å². The number of aromatic nitrogens is 3. The zero-order chi connectivity index (χ0) is 20.9. The molecule has 1 amide bonds. The maximum atomic E-state index is 12.6. The van der Waals surface area contributed by atoms with Gasteiger partial charge in [0.15, 0.2) is 0 Å². The van der Waals surface area contributed by atoms with Crippen molar-refractivity contribution in [3.8, 4) is 22.9 Å². The Balaban J connectivity index is 1.44. The second-order valence-corrected chi connectivity index (χ2v) is 7.18. The van der Waals surface area contributed by atoms with Crippen molar-refractivity contribution in [2.24, 2.45) is 0 Å². The van der Waals surface area contributed by atoms with Crippen LogP contribution in [0.3, 0.4) is 0 Å². The number of nitrogens with zero attached hydrogens (tertiary/aromatic N) is 3. The quantitative estimate of drug-likeness (QED) is 0.479. The van der Waals surface area contributed by atoms with Crippen LogP contribution >= 0.6 is 11.3 Å². The Morgan fingerprint density at radius 2 is 1.80 bits per heavy atom. The fraction of sp³-hybridized carbons (Fsp3) is 0.143. The molecule has 4 rings (SSSR count). The van der Waals surface area contributed by atoms with Crippen LogP contribution in [-0.4, -0.2) is 35.3 Å². The van der Waals surface area contributed by atoms with Crippen LogP contribution in [0.4, 0.5) is 5.69 Å². The summed E-state index contributed by atoms with van der Waals surface area (Å²) in [7, 11) is 3.10. The number of anilines is 1. The van der Waals surface area contributed by atoms with E-state index in [0.717, 1.165) is 5.56 Å². The van der Waals surface area contributed by atoms with E-state index in [1.165, 1.54) is 11.3 Å². The number of ether oxygens (including phenoxy) is 2. The lowest BCUT2D eigenvalue weighted by molar-refractivity contribution is 0.102. The third-order valence-electron chi connectivity index (χ3n) is 4.20. The van der Waals surface area contributed by atoms with Crippen LogP contribution in [0, 0.1) is 0 Å². The van der Waals surface area contributed by atoms with Crippen LogP contribution in [0.25, 0.3) is 11.4 Å². The second kappa shape index (κ2) is 8.75. The lowest BCUT2D eigenvalue weighted by Gasteiger charge is -2.09. The predicted molar refractivity (Wildman–Crippen MR) is 112 cm³/mol. The highest BCUT2D eigenvalue weighted by Gasteiger charge is 2.15. The van der Waals surface area contributed by atoms with Gasteiger partial charge in [-0.25, -0.2) is 4.98 Å². The maximum absolute atomic E-state index is 12.6. The summed E-state index contributed by atoms with van der Waals surface area (Å²) >= 11 is 1.35. The summed E-state index contributed by atoms with van der Waals surface area (Å²) in [5, 5.41) is 9.20. The van der Waals surface area contributed by atoms with Gasteiger partial charge in [0.25, 0.3) is 5.91 Å². The zero-order valence-electron chi connectivity index (χ0n) is 16.3. The number of hydrogen-bond acceptors (Lipinski definition) is 8. The van der Waals surface area contributed by atoms with Gasteiger partial charge in [-0.05, 0) is 0 Å². The number of amides is 1. The molecular weight excluding hydrogens is 404 g/mol. The Morgan fingerprint density at radius 3 is 2.50 bits per heavy atom. The van der Waals surface area contributed by atoms with Crippen molar-refractivity contribution in [3.63, 3.8) is 0 Å². The number of methoxy groups -OCH3 is 2. The van der Waals surface area contributed by atoms with Crippen LogP contribution in [0.1, 0.15) is 21.4 Å². The van der Waals surface area contributed by atoms with E-state index in [2.05, 4.69) is 20.4 Å². The molecular formula is C21H18N4O4S. The molecule has 0 saturated carbocycles. The van der Waals surface area contributed by atoms with E-state index < -0.39 is 0 Å². The van der Waals surface area contributed by atoms with Crippen LogP contribution < -0.4 is 14.8 Å². The number of nitrogens with one attached hydrogen (secondary N) is 1. The minimum Gasteiger partial charge on any atom is -0.497 e. The van der Waals surface area contributed by atoms with Crippen LogP contribution in [-0.2, 0) is 6.42 Å². The molecule has 0 radical (unpaired) electrons. The highest BCUT2D eigenvalue weighted by Crippen LogP contribution is 2.26. The average Bonchev–Trinajstić information content (AvgIpc) is 3.44. The number of benzene rings is 2. The van der Waals surface area contributed by atoms with Gasteiger partial charge in [-0.2, -0.15) is 4.98 Å². The number of carbonyl (C=O) groups excluding carboxylic acids is 1. The standard InChI is InChI=1S/C21H18N4O4S/c1-27-15-8-14(9-16(10-15)28-2)22-21(26)17-12-30-19(23-17)11-18-24-20(25-29-18)13-6-4-3-5-7-13/h3-10,12H,11H2,1-2H3,(H,22,26). The summed E-state index contributed by atoms with van der Waals surface area (Å²) in [5.41, 5.74) is 1.73. The molecule has 152 valence electrons. The molecule has 0 saturated heterocycles. The van der Waals surface area contributed by atoms with E-state index >= 15 is 0 Å². The Labute approximate surface area is 176 Å². The largest absolute Gasteiger partial charge is 0.497 e. The predicted octanol–water partition coefficient (Wildman–Crippen LogP) is 4.05. The van der Waals surface area contributed by atoms with Crippen molar-refractivity contribution in [2.75, 3.05) is 19.5 Å². The smallest absolute Gasteiger partial charge is 0.275 e. The molecule has 0 unspecified atom stereocenters. The van der Waals surface area contributed by atoms with E-state index in [-0.39, 0.29) is 5.91 Å². The summed E-state index contributed by atoms with van der Waals surface area (Å²) in [6.45, 7) is 0. The molecule has 0 aliphatic rings. The van der Waals surface area contributed by atoms with Crippen molar-refractivity contribution < 1.29 is 18.8 Å². The Morgan fingerprint density at radius 1 is 1.07 bits per heavy atom. The number of carbonyl (C=O) groups is 1. The molecule has 0 bridgehead atoms. The molecule has 9 heteroatoms. The van der Waals surface area contributed by atoms with Gasteiger partial charge in [-0.15, -0.1) is 11.3 Å². The number of rotatable bonds is 7. The maximum Gasteiger partial charge on any atom is 0.275 e. The monoisotopic (exact) mass is 422 g/mol.